The Kier molecular flexibility index (Phi) is 2.78. The minimum atomic E-state index is 0.655. The summed E-state index contributed by atoms with van der Waals surface area (Å²) < 4.78 is 2.14. The predicted molar refractivity (Wildman–Crippen MR) is 68.2 cm³/mol. The smallest absolute Gasteiger partial charge is 0.101 e. The van der Waals surface area contributed by atoms with Crippen molar-refractivity contribution in [1.82, 2.24) is 0 Å². The molecule has 2 rings (SSSR count). The van der Waals surface area contributed by atoms with Crippen LogP contribution >= 0.6 is 47.0 Å². The van der Waals surface area contributed by atoms with Crippen LogP contribution in [0.5, 0.6) is 0 Å². The van der Waals surface area contributed by atoms with Crippen LogP contribution in [0.2, 0.25) is 0 Å². The zero-order chi connectivity index (χ0) is 10.3. The summed E-state index contributed by atoms with van der Waals surface area (Å²) in [6.45, 7) is 0. The third kappa shape index (κ3) is 1.79. The highest BCUT2D eigenvalue weighted by molar-refractivity contribution is 8.34. The Morgan fingerprint density at radius 1 is 0.500 bits per heavy atom. The zero-order valence-electron chi connectivity index (χ0n) is 6.94. The number of rotatable bonds is 0. The van der Waals surface area contributed by atoms with E-state index >= 15 is 0 Å². The van der Waals surface area contributed by atoms with Gasteiger partial charge in [-0.3, -0.25) is 0 Å². The van der Waals surface area contributed by atoms with Crippen LogP contribution < -0.4 is 22.9 Å². The van der Waals surface area contributed by atoms with Crippen LogP contribution in [-0.2, 0) is 0 Å². The molecule has 8 heteroatoms. The van der Waals surface area contributed by atoms with Crippen molar-refractivity contribution in [3.05, 3.63) is 28.6 Å². The average molecular weight is 264 g/mol. The van der Waals surface area contributed by atoms with E-state index in [-0.39, 0.29) is 0 Å². The summed E-state index contributed by atoms with van der Waals surface area (Å²) in [7, 11) is 0. The average Bonchev–Trinajstić information content (AvgIpc) is 2.60. The maximum atomic E-state index is 5.67. The van der Waals surface area contributed by atoms with Gasteiger partial charge in [-0.2, -0.15) is 0 Å². The molecule has 2 aliphatic rings. The Hall–Kier alpha value is -0.180. The van der Waals surface area contributed by atoms with Gasteiger partial charge in [0.25, 0.3) is 0 Å². The van der Waals surface area contributed by atoms with E-state index in [1.807, 2.05) is 0 Å². The van der Waals surface area contributed by atoms with Gasteiger partial charge in [-0.15, -0.1) is 0 Å². The third-order valence-corrected chi connectivity index (χ3v) is 6.56. The molecule has 8 N–H and O–H groups in total. The number of thioether (sulfide) groups is 4. The monoisotopic (exact) mass is 264 g/mol. The van der Waals surface area contributed by atoms with Gasteiger partial charge < -0.3 is 22.9 Å². The molecule has 0 bridgehead atoms. The Balaban J connectivity index is 2.17. The molecule has 2 heterocycles. The number of hydrogen-bond acceptors (Lipinski definition) is 8. The second-order valence-electron chi connectivity index (χ2n) is 2.44. The highest BCUT2D eigenvalue weighted by atomic mass is 32.2. The van der Waals surface area contributed by atoms with Gasteiger partial charge in [-0.05, 0) is 0 Å². The first-order valence-corrected chi connectivity index (χ1v) is 6.80. The van der Waals surface area contributed by atoms with Gasteiger partial charge in [0.05, 0.1) is 8.47 Å². The van der Waals surface area contributed by atoms with Crippen LogP contribution in [0.25, 0.3) is 0 Å². The lowest BCUT2D eigenvalue weighted by Crippen LogP contribution is -1.98. The fourth-order valence-electron chi connectivity index (χ4n) is 0.809. The summed E-state index contributed by atoms with van der Waals surface area (Å²) >= 11 is 5.88. The molecule has 76 valence electrons. The highest BCUT2D eigenvalue weighted by Gasteiger charge is 2.26. The molecule has 0 radical (unpaired) electrons. The van der Waals surface area contributed by atoms with Gasteiger partial charge in [0, 0.05) is 0 Å². The van der Waals surface area contributed by atoms with E-state index in [2.05, 4.69) is 0 Å². The molecule has 2 aliphatic heterocycles. The predicted octanol–water partition coefficient (Wildman–Crippen LogP) is 1.16. The Morgan fingerprint density at radius 2 is 0.714 bits per heavy atom. The van der Waals surface area contributed by atoms with Crippen molar-refractivity contribution < 1.29 is 0 Å². The Morgan fingerprint density at radius 3 is 0.929 bits per heavy atom. The van der Waals surface area contributed by atoms with Gasteiger partial charge >= 0.3 is 0 Å². The third-order valence-electron chi connectivity index (χ3n) is 1.46. The Bertz CT molecular complexity index is 315. The molecule has 0 saturated heterocycles. The van der Waals surface area contributed by atoms with Gasteiger partial charge in [0.2, 0.25) is 0 Å². The van der Waals surface area contributed by atoms with Crippen LogP contribution in [0.3, 0.4) is 0 Å². The summed E-state index contributed by atoms with van der Waals surface area (Å²) in [5, 5.41) is 2.62. The Labute approximate surface area is 98.3 Å². The molecule has 0 saturated carbocycles. The maximum absolute atomic E-state index is 5.67. The molecule has 0 atom stereocenters. The van der Waals surface area contributed by atoms with Gasteiger partial charge in [-0.1, -0.05) is 47.0 Å². The second kappa shape index (κ2) is 3.76. The molecule has 0 spiro atoms. The van der Waals surface area contributed by atoms with Gasteiger partial charge in [-0.25, -0.2) is 0 Å². The van der Waals surface area contributed by atoms with Crippen molar-refractivity contribution >= 4 is 47.0 Å². The first-order chi connectivity index (χ1) is 6.58. The first-order valence-electron chi connectivity index (χ1n) is 3.54. The van der Waals surface area contributed by atoms with Crippen LogP contribution in [0.15, 0.2) is 28.6 Å². The largest absolute Gasteiger partial charge is 0.391 e. The quantitative estimate of drug-likeness (QED) is 0.517. The molecule has 4 nitrogen and oxygen atoms in total. The lowest BCUT2D eigenvalue weighted by Gasteiger charge is -1.99. The lowest BCUT2D eigenvalue weighted by molar-refractivity contribution is 1.44. The van der Waals surface area contributed by atoms with E-state index in [1.165, 1.54) is 47.0 Å². The highest BCUT2D eigenvalue weighted by Crippen LogP contribution is 2.55. The van der Waals surface area contributed by atoms with Gasteiger partial charge in [0.1, 0.15) is 20.1 Å². The number of hydrogen-bond donors (Lipinski definition) is 4. The van der Waals surface area contributed by atoms with Crippen molar-refractivity contribution in [3.63, 3.8) is 0 Å². The van der Waals surface area contributed by atoms with E-state index in [1.54, 1.807) is 0 Å². The molecule has 14 heavy (non-hydrogen) atoms. The maximum Gasteiger partial charge on any atom is 0.101 e. The minimum Gasteiger partial charge on any atom is -0.391 e. The molecule has 0 unspecified atom stereocenters. The molecule has 0 aromatic heterocycles. The molecular weight excluding hydrogens is 256 g/mol. The minimum absolute atomic E-state index is 0.655. The standard InChI is InChI=1S/C6H8N4S4/c7-1-2(8)12-5(11-1)6-13-3(9)4(10)14-6/h7-10H2. The molecule has 0 aliphatic carbocycles. The zero-order valence-corrected chi connectivity index (χ0v) is 10.2. The summed E-state index contributed by atoms with van der Waals surface area (Å²) in [5.74, 6) is 0. The van der Waals surface area contributed by atoms with Crippen molar-refractivity contribution in [2.75, 3.05) is 0 Å². The van der Waals surface area contributed by atoms with Crippen molar-refractivity contribution in [3.8, 4) is 0 Å². The molecule has 0 aromatic rings. The van der Waals surface area contributed by atoms with Crippen LogP contribution in [0, 0.1) is 0 Å². The summed E-state index contributed by atoms with van der Waals surface area (Å²) in [4.78, 5) is 0. The van der Waals surface area contributed by atoms with E-state index in [9.17, 15) is 0 Å². The van der Waals surface area contributed by atoms with E-state index in [0.717, 1.165) is 8.47 Å². The van der Waals surface area contributed by atoms with E-state index in [0.29, 0.717) is 20.1 Å². The normalized spacial score (nSPS) is 22.9. The topological polar surface area (TPSA) is 104 Å². The fraction of sp³-hybridized carbons (Fsp3) is 0. The van der Waals surface area contributed by atoms with Crippen molar-refractivity contribution in [1.29, 1.82) is 0 Å². The van der Waals surface area contributed by atoms with Crippen LogP contribution in [-0.4, -0.2) is 0 Å². The first kappa shape index (κ1) is 10.3. The molecule has 0 fully saturated rings. The lowest BCUT2D eigenvalue weighted by atomic mass is 10.9. The number of nitrogens with two attached hydrogens (primary N) is 4. The summed E-state index contributed by atoms with van der Waals surface area (Å²) in [6, 6.07) is 0. The van der Waals surface area contributed by atoms with E-state index in [4.69, 9.17) is 22.9 Å². The van der Waals surface area contributed by atoms with Crippen molar-refractivity contribution in [2.24, 2.45) is 22.9 Å². The molecular formula is C6H8N4S4. The molecule has 0 aromatic carbocycles. The van der Waals surface area contributed by atoms with E-state index < -0.39 is 0 Å². The molecule has 0 amide bonds. The summed E-state index contributed by atoms with van der Waals surface area (Å²) in [5.41, 5.74) is 22.7. The van der Waals surface area contributed by atoms with Crippen LogP contribution in [0.4, 0.5) is 0 Å². The second-order valence-corrected chi connectivity index (χ2v) is 7.17. The SMILES string of the molecule is NC1=C(N)SC(=C2SC(N)=C(N)S2)S1. The van der Waals surface area contributed by atoms with Gasteiger partial charge in [0.15, 0.2) is 0 Å². The van der Waals surface area contributed by atoms with Crippen LogP contribution in [0.1, 0.15) is 0 Å². The summed E-state index contributed by atoms with van der Waals surface area (Å²) in [6.07, 6.45) is 0. The fourth-order valence-corrected chi connectivity index (χ4v) is 5.25. The van der Waals surface area contributed by atoms with Crippen molar-refractivity contribution in [2.45, 2.75) is 0 Å².